The van der Waals surface area contributed by atoms with Crippen LogP contribution >= 0.6 is 0 Å². The molecule has 1 aliphatic heterocycles. The van der Waals surface area contributed by atoms with Crippen LogP contribution in [0.2, 0.25) is 0 Å². The molecule has 134 valence electrons. The van der Waals surface area contributed by atoms with Crippen molar-refractivity contribution in [1.29, 1.82) is 0 Å². The van der Waals surface area contributed by atoms with Gasteiger partial charge in [0.1, 0.15) is 0 Å². The van der Waals surface area contributed by atoms with Crippen LogP contribution < -0.4 is 0 Å². The first-order chi connectivity index (χ1) is 13.7. The van der Waals surface area contributed by atoms with Gasteiger partial charge in [-0.1, -0.05) is 78.9 Å². The number of benzene rings is 4. The minimum atomic E-state index is -0.579. The molecule has 0 amide bonds. The van der Waals surface area contributed by atoms with E-state index in [-0.39, 0.29) is 11.5 Å². The largest absolute Gasteiger partial charge is 0.456 e. The number of aliphatic hydroxyl groups excluding tert-OH is 1. The lowest BCUT2D eigenvalue weighted by Crippen LogP contribution is -2.10. The van der Waals surface area contributed by atoms with Crippen LogP contribution in [0.5, 0.6) is 0 Å². The lowest BCUT2D eigenvalue weighted by molar-refractivity contribution is -0.728. The number of hydrogen-bond donors (Lipinski definition) is 1. The smallest absolute Gasteiger partial charge is 0.431 e. The summed E-state index contributed by atoms with van der Waals surface area (Å²) in [6.07, 6.45) is 1.67. The van der Waals surface area contributed by atoms with Gasteiger partial charge < -0.3 is 5.11 Å². The third-order valence-corrected chi connectivity index (χ3v) is 4.94. The van der Waals surface area contributed by atoms with Gasteiger partial charge in [0, 0.05) is 0 Å². The zero-order valence-corrected chi connectivity index (χ0v) is 14.9. The minimum absolute atomic E-state index is 0.154. The minimum Gasteiger partial charge on any atom is -0.456 e. The van der Waals surface area contributed by atoms with Crippen LogP contribution in [0.4, 0.5) is 0 Å². The highest BCUT2D eigenvalue weighted by molar-refractivity contribution is 6.18. The van der Waals surface area contributed by atoms with Gasteiger partial charge in [-0.15, -0.1) is 0 Å². The molecule has 0 fully saturated rings. The van der Waals surface area contributed by atoms with Crippen molar-refractivity contribution in [1.82, 2.24) is 0 Å². The Bertz CT molecular complexity index is 1250. The van der Waals surface area contributed by atoms with Gasteiger partial charge in [0.15, 0.2) is 5.57 Å². The van der Waals surface area contributed by atoms with Gasteiger partial charge >= 0.3 is 11.9 Å². The normalized spacial score (nSPS) is 15.6. The van der Waals surface area contributed by atoms with Gasteiger partial charge in [-0.3, -0.25) is 0 Å². The molecule has 0 saturated carbocycles. The Kier molecular flexibility index (Phi) is 3.69. The fraction of sp³-hybridized carbons (Fsp3) is 0. The van der Waals surface area contributed by atoms with E-state index in [9.17, 15) is 9.90 Å². The van der Waals surface area contributed by atoms with Crippen LogP contribution in [0.15, 0.2) is 90.8 Å². The molecular weight excluding hydrogens is 350 g/mol. The molecule has 0 saturated heterocycles. The molecule has 0 atom stereocenters. The summed E-state index contributed by atoms with van der Waals surface area (Å²) in [5.74, 6) is -0.794. The Balaban J connectivity index is 1.76. The molecule has 0 aromatic heterocycles. The Labute approximate surface area is 161 Å². The Morgan fingerprint density at radius 1 is 0.786 bits per heavy atom. The fourth-order valence-corrected chi connectivity index (χ4v) is 3.62. The van der Waals surface area contributed by atoms with Crippen LogP contribution in [-0.2, 0) is 9.63 Å². The van der Waals surface area contributed by atoms with Crippen molar-refractivity contribution < 1.29 is 19.5 Å². The van der Waals surface area contributed by atoms with Crippen molar-refractivity contribution in [2.45, 2.75) is 0 Å². The SMILES string of the molecule is O=C1O[N+](=Cc2c3ccccc3cc3ccccc23)C(O)=C1c1ccccc1. The van der Waals surface area contributed by atoms with E-state index in [2.05, 4.69) is 6.07 Å². The summed E-state index contributed by atoms with van der Waals surface area (Å²) in [6, 6.07) is 27.2. The standard InChI is InChI=1S/C24H15NO3/c26-23-22(16-8-2-1-3-9-16)24(27)28-25(23)15-21-19-12-6-4-10-17(19)14-18-11-5-7-13-20(18)21/h1-15H/p+1. The number of carbonyl (C=O) groups is 1. The summed E-state index contributed by atoms with van der Waals surface area (Å²) >= 11 is 0. The van der Waals surface area contributed by atoms with Crippen molar-refractivity contribution in [3.8, 4) is 0 Å². The molecule has 4 aromatic carbocycles. The molecule has 0 aliphatic carbocycles. The monoisotopic (exact) mass is 366 g/mol. The van der Waals surface area contributed by atoms with Gasteiger partial charge in [-0.05, 0) is 33.2 Å². The van der Waals surface area contributed by atoms with Crippen molar-refractivity contribution in [3.63, 3.8) is 0 Å². The number of hydroxylamine groups is 1. The topological polar surface area (TPSA) is 49.5 Å². The Morgan fingerprint density at radius 2 is 1.36 bits per heavy atom. The molecule has 0 unspecified atom stereocenters. The van der Waals surface area contributed by atoms with E-state index in [0.29, 0.717) is 5.56 Å². The number of rotatable bonds is 2. The number of aliphatic hydroxyl groups is 1. The third-order valence-electron chi connectivity index (χ3n) is 4.94. The van der Waals surface area contributed by atoms with E-state index in [1.165, 1.54) is 0 Å². The molecule has 4 heteroatoms. The quantitative estimate of drug-likeness (QED) is 0.314. The van der Waals surface area contributed by atoms with Gasteiger partial charge in [-0.2, -0.15) is 4.84 Å². The molecule has 4 aromatic rings. The second-order valence-corrected chi connectivity index (χ2v) is 6.63. The Morgan fingerprint density at radius 3 is 2.00 bits per heavy atom. The molecule has 1 N–H and O–H groups in total. The molecule has 1 heterocycles. The molecular formula is C24H16NO3+. The second kappa shape index (κ2) is 6.35. The molecule has 0 bridgehead atoms. The van der Waals surface area contributed by atoms with E-state index < -0.39 is 5.97 Å². The van der Waals surface area contributed by atoms with Crippen molar-refractivity contribution in [2.75, 3.05) is 0 Å². The summed E-state index contributed by atoms with van der Waals surface area (Å²) < 4.78 is 1.15. The zero-order valence-electron chi connectivity index (χ0n) is 14.9. The number of nitrogens with zero attached hydrogens (tertiary/aromatic N) is 1. The summed E-state index contributed by atoms with van der Waals surface area (Å²) in [5.41, 5.74) is 1.65. The van der Waals surface area contributed by atoms with Crippen molar-refractivity contribution >= 4 is 39.3 Å². The summed E-state index contributed by atoms with van der Waals surface area (Å²) in [7, 11) is 0. The highest BCUT2D eigenvalue weighted by Crippen LogP contribution is 2.29. The number of fused-ring (bicyclic) bond motifs is 2. The average Bonchev–Trinajstić information content (AvgIpc) is 3.01. The number of carbonyl (C=O) groups excluding carboxylic acids is 1. The van der Waals surface area contributed by atoms with Crippen molar-refractivity contribution in [3.05, 3.63) is 102 Å². The molecule has 0 radical (unpaired) electrons. The number of hydrogen-bond acceptors (Lipinski definition) is 3. The first-order valence-electron chi connectivity index (χ1n) is 8.98. The van der Waals surface area contributed by atoms with Gasteiger partial charge in [0.2, 0.25) is 6.21 Å². The summed E-state index contributed by atoms with van der Waals surface area (Å²) in [4.78, 5) is 17.8. The average molecular weight is 366 g/mol. The second-order valence-electron chi connectivity index (χ2n) is 6.63. The molecule has 1 aliphatic rings. The fourth-order valence-electron chi connectivity index (χ4n) is 3.62. The molecule has 0 spiro atoms. The van der Waals surface area contributed by atoms with E-state index in [1.54, 1.807) is 18.3 Å². The van der Waals surface area contributed by atoms with E-state index in [1.807, 2.05) is 66.7 Å². The zero-order chi connectivity index (χ0) is 19.1. The van der Waals surface area contributed by atoms with Crippen LogP contribution in [-0.4, -0.2) is 22.0 Å². The maximum absolute atomic E-state index is 12.4. The third kappa shape index (κ3) is 2.55. The van der Waals surface area contributed by atoms with E-state index in [0.717, 1.165) is 31.8 Å². The van der Waals surface area contributed by atoms with Gasteiger partial charge in [0.25, 0.3) is 0 Å². The maximum atomic E-state index is 12.4. The first-order valence-corrected chi connectivity index (χ1v) is 8.98. The molecule has 5 rings (SSSR count). The Hall–Kier alpha value is -3.92. The first kappa shape index (κ1) is 16.3. The predicted molar refractivity (Wildman–Crippen MR) is 109 cm³/mol. The molecule has 4 nitrogen and oxygen atoms in total. The lowest BCUT2D eigenvalue weighted by Gasteiger charge is -2.06. The highest BCUT2D eigenvalue weighted by Gasteiger charge is 2.40. The predicted octanol–water partition coefficient (Wildman–Crippen LogP) is 4.82. The van der Waals surface area contributed by atoms with Crippen LogP contribution in [0, 0.1) is 0 Å². The van der Waals surface area contributed by atoms with Crippen LogP contribution in [0.25, 0.3) is 27.1 Å². The van der Waals surface area contributed by atoms with Crippen molar-refractivity contribution in [2.24, 2.45) is 0 Å². The maximum Gasteiger partial charge on any atom is 0.431 e. The van der Waals surface area contributed by atoms with Crippen LogP contribution in [0.1, 0.15) is 11.1 Å². The van der Waals surface area contributed by atoms with E-state index in [4.69, 9.17) is 4.84 Å². The van der Waals surface area contributed by atoms with Crippen LogP contribution in [0.3, 0.4) is 0 Å². The summed E-state index contributed by atoms with van der Waals surface area (Å²) in [5, 5.41) is 14.9. The van der Waals surface area contributed by atoms with E-state index >= 15 is 0 Å². The lowest BCUT2D eigenvalue weighted by atomic mass is 9.97. The van der Waals surface area contributed by atoms with Gasteiger partial charge in [0.05, 0.1) is 10.3 Å². The highest BCUT2D eigenvalue weighted by atomic mass is 16.7. The molecule has 28 heavy (non-hydrogen) atoms. The van der Waals surface area contributed by atoms with Gasteiger partial charge in [-0.25, -0.2) is 4.79 Å². The summed E-state index contributed by atoms with van der Waals surface area (Å²) in [6.45, 7) is 0.